The average Bonchev–Trinajstić information content (AvgIpc) is 2.59. The number of ketones is 1. The number of nitrogens with one attached hydrogen (secondary N) is 1. The van der Waals surface area contributed by atoms with Crippen LogP contribution in [0.5, 0.6) is 5.75 Å². The van der Waals surface area contributed by atoms with E-state index in [1.807, 2.05) is 0 Å². The molecule has 140 valence electrons. The highest BCUT2D eigenvalue weighted by atomic mass is 16.5. The number of carbonyl (C=O) groups excluding carboxylic acids is 2. The molecule has 1 aromatic carbocycles. The van der Waals surface area contributed by atoms with Gasteiger partial charge in [-0.2, -0.15) is 0 Å². The third-order valence-corrected chi connectivity index (χ3v) is 6.99. The molecular formula is C22H29NO3. The maximum absolute atomic E-state index is 12.4. The van der Waals surface area contributed by atoms with E-state index < -0.39 is 0 Å². The summed E-state index contributed by atoms with van der Waals surface area (Å²) in [4.78, 5) is 23.9. The Morgan fingerprint density at radius 2 is 1.77 bits per heavy atom. The molecule has 4 bridgehead atoms. The Hall–Kier alpha value is -1.84. The average molecular weight is 355 g/mol. The second-order valence-corrected chi connectivity index (χ2v) is 8.94. The molecular weight excluding hydrogens is 326 g/mol. The molecule has 0 heterocycles. The van der Waals surface area contributed by atoms with Crippen LogP contribution < -0.4 is 10.1 Å². The van der Waals surface area contributed by atoms with E-state index >= 15 is 0 Å². The highest BCUT2D eigenvalue weighted by Crippen LogP contribution is 2.61. The Balaban J connectivity index is 1.33. The van der Waals surface area contributed by atoms with Crippen LogP contribution in [0.1, 0.15) is 62.7 Å². The molecule has 0 saturated heterocycles. The van der Waals surface area contributed by atoms with E-state index in [-0.39, 0.29) is 24.3 Å². The lowest BCUT2D eigenvalue weighted by atomic mass is 9.48. The quantitative estimate of drug-likeness (QED) is 0.785. The van der Waals surface area contributed by atoms with Gasteiger partial charge in [0.2, 0.25) is 0 Å². The van der Waals surface area contributed by atoms with Crippen LogP contribution in [0.3, 0.4) is 0 Å². The zero-order valence-corrected chi connectivity index (χ0v) is 15.8. The molecule has 4 saturated carbocycles. The summed E-state index contributed by atoms with van der Waals surface area (Å²) in [5.41, 5.74) is 0.906. The topological polar surface area (TPSA) is 55.4 Å². The highest BCUT2D eigenvalue weighted by molar-refractivity contribution is 5.94. The highest BCUT2D eigenvalue weighted by Gasteiger charge is 2.53. The van der Waals surface area contributed by atoms with E-state index in [0.717, 1.165) is 17.8 Å². The Bertz CT molecular complexity index is 676. The van der Waals surface area contributed by atoms with Crippen molar-refractivity contribution in [2.45, 2.75) is 58.4 Å². The van der Waals surface area contributed by atoms with E-state index in [1.165, 1.54) is 45.4 Å². The zero-order valence-electron chi connectivity index (χ0n) is 15.8. The molecule has 1 aromatic rings. The molecule has 0 aromatic heterocycles. The van der Waals surface area contributed by atoms with Crippen molar-refractivity contribution < 1.29 is 14.3 Å². The van der Waals surface area contributed by atoms with Crippen LogP contribution >= 0.6 is 0 Å². The molecule has 1 amide bonds. The van der Waals surface area contributed by atoms with Crippen LogP contribution in [0, 0.1) is 23.2 Å². The molecule has 4 heteroatoms. The van der Waals surface area contributed by atoms with Gasteiger partial charge in [-0.15, -0.1) is 0 Å². The second kappa shape index (κ2) is 6.71. The smallest absolute Gasteiger partial charge is 0.258 e. The Labute approximate surface area is 155 Å². The van der Waals surface area contributed by atoms with Crippen molar-refractivity contribution in [1.82, 2.24) is 5.32 Å². The fourth-order valence-electron chi connectivity index (χ4n) is 6.10. The first-order chi connectivity index (χ1) is 12.4. The molecule has 26 heavy (non-hydrogen) atoms. The molecule has 1 atom stereocenters. The standard InChI is InChI=1S/C22H29NO3/c1-14(24)19-4-3-5-20(9-19)26-13-21(25)23-15(2)22-10-16-6-17(11-22)8-18(7-16)12-22/h3-5,9,15-18H,6-8,10-13H2,1-2H3,(H,23,25)/t15-,16?,17?,18?,22?/m0/s1. The van der Waals surface area contributed by atoms with E-state index in [9.17, 15) is 9.59 Å². The Kier molecular flexibility index (Phi) is 4.54. The summed E-state index contributed by atoms with van der Waals surface area (Å²) in [6.45, 7) is 3.71. The first-order valence-corrected chi connectivity index (χ1v) is 9.97. The van der Waals surface area contributed by atoms with Gasteiger partial charge in [0.25, 0.3) is 5.91 Å². The summed E-state index contributed by atoms with van der Waals surface area (Å²) >= 11 is 0. The van der Waals surface area contributed by atoms with Crippen LogP contribution in [0.4, 0.5) is 0 Å². The fourth-order valence-corrected chi connectivity index (χ4v) is 6.10. The van der Waals surface area contributed by atoms with E-state index in [4.69, 9.17) is 4.74 Å². The molecule has 4 aliphatic carbocycles. The molecule has 0 radical (unpaired) electrons. The summed E-state index contributed by atoms with van der Waals surface area (Å²) in [7, 11) is 0. The maximum Gasteiger partial charge on any atom is 0.258 e. The first kappa shape index (κ1) is 17.6. The number of ether oxygens (including phenoxy) is 1. The SMILES string of the molecule is CC(=O)c1cccc(OCC(=O)N[C@@H](C)C23CC4CC(CC(C4)C2)C3)c1. The van der Waals surface area contributed by atoms with Gasteiger partial charge in [0.15, 0.2) is 12.4 Å². The summed E-state index contributed by atoms with van der Waals surface area (Å²) in [5, 5.41) is 3.21. The third-order valence-electron chi connectivity index (χ3n) is 6.99. The minimum Gasteiger partial charge on any atom is -0.484 e. The minimum atomic E-state index is -0.0681. The van der Waals surface area contributed by atoms with Gasteiger partial charge in [-0.05, 0) is 87.7 Å². The van der Waals surface area contributed by atoms with Crippen molar-refractivity contribution in [3.8, 4) is 5.75 Å². The predicted molar refractivity (Wildman–Crippen MR) is 100 cm³/mol. The van der Waals surface area contributed by atoms with Crippen LogP contribution in [0.15, 0.2) is 24.3 Å². The lowest BCUT2D eigenvalue weighted by Crippen LogP contribution is -2.56. The predicted octanol–water partition coefficient (Wildman–Crippen LogP) is 3.99. The van der Waals surface area contributed by atoms with Crippen LogP contribution in [-0.4, -0.2) is 24.3 Å². The van der Waals surface area contributed by atoms with Gasteiger partial charge < -0.3 is 10.1 Å². The summed E-state index contributed by atoms with van der Waals surface area (Å²) in [6.07, 6.45) is 8.08. The van der Waals surface area contributed by atoms with E-state index in [2.05, 4.69) is 12.2 Å². The molecule has 4 aliphatic rings. The lowest BCUT2D eigenvalue weighted by Gasteiger charge is -2.59. The molecule has 4 nitrogen and oxygen atoms in total. The fraction of sp³-hybridized carbons (Fsp3) is 0.636. The van der Waals surface area contributed by atoms with Crippen molar-refractivity contribution in [1.29, 1.82) is 0 Å². The van der Waals surface area contributed by atoms with Gasteiger partial charge in [-0.25, -0.2) is 0 Å². The van der Waals surface area contributed by atoms with E-state index in [1.54, 1.807) is 24.3 Å². The molecule has 4 fully saturated rings. The number of hydrogen-bond acceptors (Lipinski definition) is 3. The first-order valence-electron chi connectivity index (χ1n) is 9.97. The Morgan fingerprint density at radius 3 is 2.35 bits per heavy atom. The van der Waals surface area contributed by atoms with Crippen molar-refractivity contribution in [3.63, 3.8) is 0 Å². The second-order valence-electron chi connectivity index (χ2n) is 8.94. The van der Waals surface area contributed by atoms with Gasteiger partial charge in [-0.1, -0.05) is 12.1 Å². The molecule has 5 rings (SSSR count). The van der Waals surface area contributed by atoms with Gasteiger partial charge in [0, 0.05) is 11.6 Å². The minimum absolute atomic E-state index is 0.00192. The van der Waals surface area contributed by atoms with Gasteiger partial charge in [0.1, 0.15) is 5.75 Å². The number of Topliss-reactive ketones (excluding diaryl/α,β-unsaturated/α-hetero) is 1. The summed E-state index contributed by atoms with van der Waals surface area (Å²) < 4.78 is 5.61. The van der Waals surface area contributed by atoms with Crippen molar-refractivity contribution in [2.75, 3.05) is 6.61 Å². The lowest BCUT2D eigenvalue weighted by molar-refractivity contribution is -0.127. The maximum atomic E-state index is 12.4. The molecule has 0 aliphatic heterocycles. The molecule has 0 unspecified atom stereocenters. The van der Waals surface area contributed by atoms with Gasteiger partial charge >= 0.3 is 0 Å². The number of benzene rings is 1. The summed E-state index contributed by atoms with van der Waals surface area (Å²) in [6, 6.07) is 7.21. The van der Waals surface area contributed by atoms with Crippen molar-refractivity contribution in [3.05, 3.63) is 29.8 Å². The molecule has 0 spiro atoms. The Morgan fingerprint density at radius 1 is 1.15 bits per heavy atom. The number of carbonyl (C=O) groups is 2. The third kappa shape index (κ3) is 3.38. The number of hydrogen-bond donors (Lipinski definition) is 1. The molecule has 1 N–H and O–H groups in total. The van der Waals surface area contributed by atoms with Crippen molar-refractivity contribution in [2.24, 2.45) is 23.2 Å². The zero-order chi connectivity index (χ0) is 18.3. The summed E-state index contributed by atoms with van der Waals surface area (Å²) in [5.74, 6) is 3.13. The number of amides is 1. The van der Waals surface area contributed by atoms with Crippen LogP contribution in [0.2, 0.25) is 0 Å². The largest absolute Gasteiger partial charge is 0.484 e. The normalized spacial score (nSPS) is 32.9. The van der Waals surface area contributed by atoms with Gasteiger partial charge in [-0.3, -0.25) is 9.59 Å². The van der Waals surface area contributed by atoms with Crippen LogP contribution in [-0.2, 0) is 4.79 Å². The van der Waals surface area contributed by atoms with Gasteiger partial charge in [0.05, 0.1) is 0 Å². The monoisotopic (exact) mass is 355 g/mol. The van der Waals surface area contributed by atoms with Crippen LogP contribution in [0.25, 0.3) is 0 Å². The number of rotatable bonds is 6. The van der Waals surface area contributed by atoms with E-state index in [0.29, 0.717) is 16.7 Å². The van der Waals surface area contributed by atoms with Crippen molar-refractivity contribution >= 4 is 11.7 Å².